The molecular formula is C21H29N3O4S. The fraction of sp³-hybridized carbons (Fsp3) is 0.524. The van der Waals surface area contributed by atoms with Gasteiger partial charge in [0.2, 0.25) is 0 Å². The van der Waals surface area contributed by atoms with Gasteiger partial charge in [0.1, 0.15) is 5.75 Å². The van der Waals surface area contributed by atoms with Crippen molar-refractivity contribution in [2.45, 2.75) is 31.9 Å². The number of aromatic amines is 1. The van der Waals surface area contributed by atoms with Crippen molar-refractivity contribution >= 4 is 28.2 Å². The summed E-state index contributed by atoms with van der Waals surface area (Å²) in [5.74, 6) is 0.711. The number of benzene rings is 1. The molecule has 29 heavy (non-hydrogen) atoms. The van der Waals surface area contributed by atoms with Gasteiger partial charge in [-0.05, 0) is 55.1 Å². The monoisotopic (exact) mass is 419 g/mol. The van der Waals surface area contributed by atoms with Crippen molar-refractivity contribution in [2.75, 3.05) is 40.5 Å². The molecule has 1 fully saturated rings. The van der Waals surface area contributed by atoms with Gasteiger partial charge in [-0.3, -0.25) is 4.79 Å². The van der Waals surface area contributed by atoms with Gasteiger partial charge in [-0.1, -0.05) is 0 Å². The summed E-state index contributed by atoms with van der Waals surface area (Å²) < 4.78 is 16.1. The number of ether oxygens (including phenoxy) is 3. The summed E-state index contributed by atoms with van der Waals surface area (Å²) in [4.78, 5) is 17.7. The van der Waals surface area contributed by atoms with Crippen LogP contribution in [0.2, 0.25) is 0 Å². The SMILES string of the molecule is COCCCNC(=S)N(Cc1cc2ccc(OC)cc2[nH]c1=O)C[C@@H]1CCCO1. The third-order valence-corrected chi connectivity index (χ3v) is 5.43. The standard InChI is InChI=1S/C21H29N3O4S/c1-26-9-4-8-22-21(29)24(14-18-5-3-10-28-18)13-16-11-15-6-7-17(27-2)12-19(15)23-20(16)25/h6-7,11-12,18H,3-5,8-10,13-14H2,1-2H3,(H,22,29)(H,23,25)/t18-/m0/s1. The van der Waals surface area contributed by atoms with Crippen LogP contribution < -0.4 is 15.6 Å². The summed E-state index contributed by atoms with van der Waals surface area (Å²) in [7, 11) is 3.29. The highest BCUT2D eigenvalue weighted by atomic mass is 32.1. The molecule has 0 bridgehead atoms. The smallest absolute Gasteiger partial charge is 0.253 e. The maximum absolute atomic E-state index is 12.7. The van der Waals surface area contributed by atoms with Crippen molar-refractivity contribution in [1.82, 2.24) is 15.2 Å². The minimum Gasteiger partial charge on any atom is -0.497 e. The Morgan fingerprint density at radius 2 is 2.24 bits per heavy atom. The molecule has 1 saturated heterocycles. The van der Waals surface area contributed by atoms with Crippen LogP contribution in [0.4, 0.5) is 0 Å². The van der Waals surface area contributed by atoms with Crippen LogP contribution >= 0.6 is 12.2 Å². The second-order valence-electron chi connectivity index (χ2n) is 7.17. The van der Waals surface area contributed by atoms with Crippen molar-refractivity contribution in [1.29, 1.82) is 0 Å². The molecule has 3 rings (SSSR count). The molecule has 0 radical (unpaired) electrons. The molecule has 1 aliphatic rings. The molecule has 7 nitrogen and oxygen atoms in total. The predicted molar refractivity (Wildman–Crippen MR) is 118 cm³/mol. The number of H-pyrrole nitrogens is 1. The number of hydrogen-bond acceptors (Lipinski definition) is 5. The van der Waals surface area contributed by atoms with Gasteiger partial charge in [0.15, 0.2) is 5.11 Å². The molecule has 0 spiro atoms. The van der Waals surface area contributed by atoms with Crippen LogP contribution in [0.15, 0.2) is 29.1 Å². The van der Waals surface area contributed by atoms with Crippen LogP contribution in [0.3, 0.4) is 0 Å². The van der Waals surface area contributed by atoms with E-state index in [2.05, 4.69) is 10.3 Å². The van der Waals surface area contributed by atoms with E-state index in [0.717, 1.165) is 43.3 Å². The second kappa shape index (κ2) is 10.6. The Kier molecular flexibility index (Phi) is 7.85. The Morgan fingerprint density at radius 3 is 2.97 bits per heavy atom. The first-order valence-corrected chi connectivity index (χ1v) is 10.3. The molecule has 158 valence electrons. The van der Waals surface area contributed by atoms with Gasteiger partial charge in [-0.25, -0.2) is 0 Å². The van der Waals surface area contributed by atoms with Crippen LogP contribution in [0.1, 0.15) is 24.8 Å². The summed E-state index contributed by atoms with van der Waals surface area (Å²) in [6, 6.07) is 7.58. The fourth-order valence-electron chi connectivity index (χ4n) is 3.45. The summed E-state index contributed by atoms with van der Waals surface area (Å²) in [6.45, 7) is 3.27. The fourth-order valence-corrected chi connectivity index (χ4v) is 3.69. The molecule has 0 amide bonds. The van der Waals surface area contributed by atoms with Crippen molar-refractivity contribution < 1.29 is 14.2 Å². The largest absolute Gasteiger partial charge is 0.497 e. The van der Waals surface area contributed by atoms with Gasteiger partial charge in [0.25, 0.3) is 5.56 Å². The number of thiocarbonyl (C=S) groups is 1. The molecule has 1 aromatic heterocycles. The van der Waals surface area contributed by atoms with Crippen LogP contribution in [-0.2, 0) is 16.0 Å². The first-order chi connectivity index (χ1) is 14.1. The highest BCUT2D eigenvalue weighted by Gasteiger charge is 2.22. The predicted octanol–water partition coefficient (Wildman–Crippen LogP) is 2.43. The summed E-state index contributed by atoms with van der Waals surface area (Å²) >= 11 is 5.62. The van der Waals surface area contributed by atoms with Gasteiger partial charge >= 0.3 is 0 Å². The lowest BCUT2D eigenvalue weighted by Crippen LogP contribution is -2.44. The maximum atomic E-state index is 12.7. The van der Waals surface area contributed by atoms with E-state index in [-0.39, 0.29) is 11.7 Å². The summed E-state index contributed by atoms with van der Waals surface area (Å²) in [6.07, 6.45) is 3.07. The van der Waals surface area contributed by atoms with E-state index in [0.29, 0.717) is 36.1 Å². The number of nitrogens with one attached hydrogen (secondary N) is 2. The molecule has 2 heterocycles. The van der Waals surface area contributed by atoms with Crippen LogP contribution in [0.25, 0.3) is 10.9 Å². The topological polar surface area (TPSA) is 75.8 Å². The van der Waals surface area contributed by atoms with E-state index in [1.54, 1.807) is 14.2 Å². The van der Waals surface area contributed by atoms with E-state index in [1.807, 2.05) is 29.2 Å². The zero-order chi connectivity index (χ0) is 20.6. The molecule has 0 unspecified atom stereocenters. The minimum atomic E-state index is -0.120. The first kappa shape index (κ1) is 21.5. The van der Waals surface area contributed by atoms with Gasteiger partial charge in [-0.2, -0.15) is 0 Å². The highest BCUT2D eigenvalue weighted by molar-refractivity contribution is 7.80. The van der Waals surface area contributed by atoms with Crippen LogP contribution in [0, 0.1) is 0 Å². The molecular weight excluding hydrogens is 390 g/mol. The van der Waals surface area contributed by atoms with Crippen LogP contribution in [0.5, 0.6) is 5.75 Å². The summed E-state index contributed by atoms with van der Waals surface area (Å²) in [5, 5.41) is 4.86. The van der Waals surface area contributed by atoms with Crippen molar-refractivity contribution in [2.24, 2.45) is 0 Å². The lowest BCUT2D eigenvalue weighted by molar-refractivity contribution is 0.0896. The van der Waals surface area contributed by atoms with E-state index in [1.165, 1.54) is 0 Å². The molecule has 2 aromatic rings. The number of rotatable bonds is 9. The zero-order valence-corrected chi connectivity index (χ0v) is 17.8. The molecule has 1 aromatic carbocycles. The Bertz CT molecular complexity index is 880. The Hall–Kier alpha value is -2.16. The van der Waals surface area contributed by atoms with Gasteiger partial charge in [-0.15, -0.1) is 0 Å². The average molecular weight is 420 g/mol. The van der Waals surface area contributed by atoms with Gasteiger partial charge in [0, 0.05) is 45.0 Å². The Balaban J connectivity index is 1.77. The highest BCUT2D eigenvalue weighted by Crippen LogP contribution is 2.20. The molecule has 0 aliphatic carbocycles. The molecule has 1 atom stereocenters. The van der Waals surface area contributed by atoms with Crippen LogP contribution in [-0.4, -0.2) is 61.6 Å². The number of methoxy groups -OCH3 is 2. The van der Waals surface area contributed by atoms with Crippen molar-refractivity contribution in [3.05, 3.63) is 40.2 Å². The van der Waals surface area contributed by atoms with Gasteiger partial charge in [0.05, 0.1) is 25.3 Å². The van der Waals surface area contributed by atoms with E-state index < -0.39 is 0 Å². The minimum absolute atomic E-state index is 0.120. The lowest BCUT2D eigenvalue weighted by atomic mass is 10.1. The maximum Gasteiger partial charge on any atom is 0.253 e. The molecule has 0 saturated carbocycles. The number of fused-ring (bicyclic) bond motifs is 1. The first-order valence-electron chi connectivity index (χ1n) is 9.94. The number of pyridine rings is 1. The van der Waals surface area contributed by atoms with Gasteiger partial charge < -0.3 is 29.4 Å². The molecule has 8 heteroatoms. The van der Waals surface area contributed by atoms with E-state index in [9.17, 15) is 4.79 Å². The average Bonchev–Trinajstić information content (AvgIpc) is 3.23. The lowest BCUT2D eigenvalue weighted by Gasteiger charge is -2.28. The third kappa shape index (κ3) is 5.91. The Labute approximate surface area is 176 Å². The molecule has 2 N–H and O–H groups in total. The number of nitrogens with zero attached hydrogens (tertiary/aromatic N) is 1. The third-order valence-electron chi connectivity index (χ3n) is 5.03. The Morgan fingerprint density at radius 1 is 1.38 bits per heavy atom. The van der Waals surface area contributed by atoms with Crippen molar-refractivity contribution in [3.8, 4) is 5.75 Å². The zero-order valence-electron chi connectivity index (χ0n) is 17.0. The summed E-state index contributed by atoms with van der Waals surface area (Å²) in [5.41, 5.74) is 1.30. The normalized spacial score (nSPS) is 16.1. The van der Waals surface area contributed by atoms with Crippen molar-refractivity contribution in [3.63, 3.8) is 0 Å². The van der Waals surface area contributed by atoms with E-state index in [4.69, 9.17) is 26.4 Å². The number of aromatic nitrogens is 1. The second-order valence-corrected chi connectivity index (χ2v) is 7.56. The molecule has 1 aliphatic heterocycles. The number of hydrogen-bond donors (Lipinski definition) is 2. The quantitative estimate of drug-likeness (QED) is 0.478. The van der Waals surface area contributed by atoms with E-state index >= 15 is 0 Å².